The maximum atomic E-state index is 12.3. The molecule has 2 unspecified atom stereocenters. The first-order valence-corrected chi connectivity index (χ1v) is 11.1. The first kappa shape index (κ1) is 23.5. The van der Waals surface area contributed by atoms with E-state index < -0.39 is 17.7 Å². The molecule has 0 bridgehead atoms. The van der Waals surface area contributed by atoms with Gasteiger partial charge in [0.05, 0.1) is 22.3 Å². The summed E-state index contributed by atoms with van der Waals surface area (Å²) in [4.78, 5) is 35.5. The summed E-state index contributed by atoms with van der Waals surface area (Å²) in [6, 6.07) is 4.41. The number of imide groups is 1. The van der Waals surface area contributed by atoms with Gasteiger partial charge in [0.15, 0.2) is 5.75 Å². The third kappa shape index (κ3) is 4.83. The molecule has 176 valence electrons. The number of nitriles is 1. The molecule has 11 nitrogen and oxygen atoms in total. The number of hydrazone groups is 1. The Balaban J connectivity index is 1.52. The van der Waals surface area contributed by atoms with Gasteiger partial charge in [0.2, 0.25) is 11.6 Å². The van der Waals surface area contributed by atoms with Crippen LogP contribution in [0.5, 0.6) is 11.6 Å². The van der Waals surface area contributed by atoms with Crippen LogP contribution in [-0.4, -0.2) is 34.5 Å². The van der Waals surface area contributed by atoms with Gasteiger partial charge in [0.25, 0.3) is 11.5 Å². The lowest BCUT2D eigenvalue weighted by Gasteiger charge is -2.18. The Kier molecular flexibility index (Phi) is 6.72. The molecule has 1 aromatic carbocycles. The Morgan fingerprint density at radius 3 is 2.76 bits per heavy atom. The fourth-order valence-corrected chi connectivity index (χ4v) is 4.40. The summed E-state index contributed by atoms with van der Waals surface area (Å²) in [6.07, 6.45) is 1.63. The number of fused-ring (bicyclic) bond motifs is 3. The van der Waals surface area contributed by atoms with Gasteiger partial charge in [0, 0.05) is 11.1 Å². The van der Waals surface area contributed by atoms with E-state index in [1.807, 2.05) is 5.32 Å². The van der Waals surface area contributed by atoms with Crippen LogP contribution < -0.4 is 21.0 Å². The van der Waals surface area contributed by atoms with Crippen LogP contribution in [-0.2, 0) is 16.0 Å². The van der Waals surface area contributed by atoms with Crippen molar-refractivity contribution in [2.75, 3.05) is 12.0 Å². The molecule has 2 aromatic rings. The van der Waals surface area contributed by atoms with E-state index in [0.29, 0.717) is 17.9 Å². The Bertz CT molecular complexity index is 1280. The van der Waals surface area contributed by atoms with Crippen LogP contribution in [0.25, 0.3) is 0 Å². The van der Waals surface area contributed by atoms with Gasteiger partial charge in [-0.2, -0.15) is 10.4 Å². The lowest BCUT2D eigenvalue weighted by atomic mass is 9.94. The molecule has 1 fully saturated rings. The van der Waals surface area contributed by atoms with Crippen molar-refractivity contribution >= 4 is 46.6 Å². The highest BCUT2D eigenvalue weighted by atomic mass is 35.5. The molecule has 3 N–H and O–H groups in total. The molecule has 0 spiro atoms. The van der Waals surface area contributed by atoms with Gasteiger partial charge in [-0.25, -0.2) is 9.89 Å². The van der Waals surface area contributed by atoms with Crippen LogP contribution in [0.2, 0.25) is 10.0 Å². The molecule has 1 saturated carbocycles. The van der Waals surface area contributed by atoms with Crippen LogP contribution in [0.15, 0.2) is 22.0 Å². The van der Waals surface area contributed by atoms with E-state index in [2.05, 4.69) is 25.5 Å². The maximum Gasteiger partial charge on any atom is 0.414 e. The van der Waals surface area contributed by atoms with Crippen LogP contribution in [0.3, 0.4) is 0 Å². The number of nitrogens with one attached hydrogen (secondary N) is 3. The van der Waals surface area contributed by atoms with Crippen molar-refractivity contribution in [2.45, 2.75) is 32.1 Å². The summed E-state index contributed by atoms with van der Waals surface area (Å²) in [5, 5.41) is 21.4. The number of alkyl carbamates (subject to hydrolysis) is 1. The van der Waals surface area contributed by atoms with E-state index in [1.54, 1.807) is 13.0 Å². The normalized spacial score (nSPS) is 18.1. The van der Waals surface area contributed by atoms with E-state index in [0.717, 1.165) is 18.4 Å². The van der Waals surface area contributed by atoms with Crippen molar-refractivity contribution in [2.24, 2.45) is 11.0 Å². The molecule has 2 atom stereocenters. The van der Waals surface area contributed by atoms with Gasteiger partial charge in [-0.1, -0.05) is 23.2 Å². The number of benzene rings is 1. The third-order valence-electron chi connectivity index (χ3n) is 5.45. The van der Waals surface area contributed by atoms with Gasteiger partial charge >= 0.3 is 6.09 Å². The smallest absolute Gasteiger partial charge is 0.414 e. The molecule has 2 amide bonds. The zero-order valence-electron chi connectivity index (χ0n) is 17.8. The topological polar surface area (TPSA) is 159 Å². The highest BCUT2D eigenvalue weighted by Gasteiger charge is 2.45. The van der Waals surface area contributed by atoms with Crippen molar-refractivity contribution in [1.82, 2.24) is 15.5 Å². The average molecular weight is 505 g/mol. The number of anilines is 1. The van der Waals surface area contributed by atoms with Crippen molar-refractivity contribution in [1.29, 1.82) is 5.26 Å². The highest BCUT2D eigenvalue weighted by Crippen LogP contribution is 2.54. The van der Waals surface area contributed by atoms with Gasteiger partial charge in [0.1, 0.15) is 6.07 Å². The summed E-state index contributed by atoms with van der Waals surface area (Å²) < 4.78 is 10.5. The number of H-pyrrole nitrogens is 1. The largest absolute Gasteiger partial charge is 0.450 e. The summed E-state index contributed by atoms with van der Waals surface area (Å²) in [6.45, 7) is 1.62. The first-order valence-electron chi connectivity index (χ1n) is 10.3. The summed E-state index contributed by atoms with van der Waals surface area (Å²) >= 11 is 12.7. The molecule has 13 heteroatoms. The fourth-order valence-electron chi connectivity index (χ4n) is 3.83. The molecular weight excluding hydrogens is 487 g/mol. The van der Waals surface area contributed by atoms with Gasteiger partial charge in [-0.15, -0.1) is 5.10 Å². The highest BCUT2D eigenvalue weighted by molar-refractivity contribution is 6.47. The Morgan fingerprint density at radius 1 is 1.35 bits per heavy atom. The molecule has 34 heavy (non-hydrogen) atoms. The van der Waals surface area contributed by atoms with Crippen molar-refractivity contribution in [3.63, 3.8) is 0 Å². The summed E-state index contributed by atoms with van der Waals surface area (Å²) in [7, 11) is 0. The minimum absolute atomic E-state index is 0.0559. The number of halogens is 2. The SMILES string of the molecule is CCOC(=O)NC(=O)/C(C#N)=N\Nc1cc(Cl)c(Oc2n[nH]c(=O)c3c2CCC2CC32)c(Cl)c1. The molecule has 0 radical (unpaired) electrons. The van der Waals surface area contributed by atoms with E-state index in [1.165, 1.54) is 12.1 Å². The molecule has 2 aliphatic rings. The average Bonchev–Trinajstić information content (AvgIpc) is 3.58. The van der Waals surface area contributed by atoms with E-state index in [4.69, 9.17) is 33.2 Å². The van der Waals surface area contributed by atoms with Crippen LogP contribution in [0, 0.1) is 17.2 Å². The number of nitrogens with zero attached hydrogens (tertiary/aromatic N) is 3. The lowest BCUT2D eigenvalue weighted by Crippen LogP contribution is -2.36. The lowest BCUT2D eigenvalue weighted by molar-refractivity contribution is -0.114. The van der Waals surface area contributed by atoms with Crippen LogP contribution in [0.4, 0.5) is 10.5 Å². The second kappa shape index (κ2) is 9.70. The Hall–Kier alpha value is -3.62. The van der Waals surface area contributed by atoms with Gasteiger partial charge in [-0.3, -0.25) is 20.3 Å². The number of aromatic amines is 1. The molecule has 4 rings (SSSR count). The van der Waals surface area contributed by atoms with Gasteiger partial charge < -0.3 is 9.47 Å². The summed E-state index contributed by atoms with van der Waals surface area (Å²) in [5.74, 6) is 0.101. The molecule has 0 saturated heterocycles. The zero-order chi connectivity index (χ0) is 24.4. The zero-order valence-corrected chi connectivity index (χ0v) is 19.3. The molecule has 1 heterocycles. The van der Waals surface area contributed by atoms with Crippen LogP contribution in [0.1, 0.15) is 36.8 Å². The minimum atomic E-state index is -1.04. The number of rotatable bonds is 6. The third-order valence-corrected chi connectivity index (χ3v) is 6.01. The number of aromatic nitrogens is 2. The number of hydrogen-bond donors (Lipinski definition) is 3. The number of carbonyl (C=O) groups is 2. The van der Waals surface area contributed by atoms with Gasteiger partial charge in [-0.05, 0) is 50.2 Å². The van der Waals surface area contributed by atoms with Crippen molar-refractivity contribution in [3.8, 4) is 17.7 Å². The first-order chi connectivity index (χ1) is 16.3. The standard InChI is InChI=1S/C21H18Cl2N6O5/c1-2-33-21(32)25-18(30)15(8-24)27-26-10-6-13(22)17(14(23)7-10)34-20-11-4-3-9-5-12(9)16(11)19(31)28-29-20/h6-7,9,12,26H,2-5H2,1H3,(H,28,31)(H,25,30,32)/b27-15-. The quantitative estimate of drug-likeness (QED) is 0.398. The van der Waals surface area contributed by atoms with E-state index >= 15 is 0 Å². The number of ether oxygens (including phenoxy) is 2. The number of amides is 2. The second-order valence-electron chi connectivity index (χ2n) is 7.62. The fraction of sp³-hybridized carbons (Fsp3) is 0.333. The van der Waals surface area contributed by atoms with Crippen LogP contribution >= 0.6 is 23.2 Å². The predicted octanol–water partition coefficient (Wildman–Crippen LogP) is 3.48. The second-order valence-corrected chi connectivity index (χ2v) is 8.44. The van der Waals surface area contributed by atoms with E-state index in [9.17, 15) is 14.4 Å². The Morgan fingerprint density at radius 2 is 2.09 bits per heavy atom. The van der Waals surface area contributed by atoms with Crippen molar-refractivity contribution < 1.29 is 19.1 Å². The number of hydrogen-bond acceptors (Lipinski definition) is 9. The molecular formula is C21H18Cl2N6O5. The predicted molar refractivity (Wildman–Crippen MR) is 122 cm³/mol. The summed E-state index contributed by atoms with van der Waals surface area (Å²) in [5.41, 5.74) is 3.38. The Labute approximate surface area is 203 Å². The molecule has 1 aromatic heterocycles. The number of carbonyl (C=O) groups excluding carboxylic acids is 2. The maximum absolute atomic E-state index is 12.3. The monoisotopic (exact) mass is 504 g/mol. The minimum Gasteiger partial charge on any atom is -0.450 e. The molecule has 2 aliphatic carbocycles. The van der Waals surface area contributed by atoms with E-state index in [-0.39, 0.29) is 45.4 Å². The van der Waals surface area contributed by atoms with Crippen molar-refractivity contribution in [3.05, 3.63) is 43.7 Å². The molecule has 0 aliphatic heterocycles.